The molecule has 23 heavy (non-hydrogen) atoms. The number of piperidine rings is 1. The molecule has 2 rings (SSSR count). The molecule has 0 aliphatic carbocycles. The number of benzene rings is 1. The highest BCUT2D eigenvalue weighted by molar-refractivity contribution is 7.89. The van der Waals surface area contributed by atoms with Gasteiger partial charge in [-0.25, -0.2) is 8.42 Å². The summed E-state index contributed by atoms with van der Waals surface area (Å²) in [6.45, 7) is 2.48. The van der Waals surface area contributed by atoms with Crippen molar-refractivity contribution in [1.29, 1.82) is 0 Å². The van der Waals surface area contributed by atoms with E-state index < -0.39 is 21.8 Å². The maximum Gasteiger partial charge on any atom is 0.416 e. The van der Waals surface area contributed by atoms with Crippen LogP contribution in [0.5, 0.6) is 0 Å². The molecule has 0 aromatic heterocycles. The van der Waals surface area contributed by atoms with Crippen molar-refractivity contribution in [2.45, 2.75) is 30.8 Å². The van der Waals surface area contributed by atoms with Crippen molar-refractivity contribution >= 4 is 22.4 Å². The Balaban J connectivity index is 0.00000264. The third kappa shape index (κ3) is 4.37. The van der Waals surface area contributed by atoms with Gasteiger partial charge in [0.2, 0.25) is 10.0 Å². The Bertz CT molecular complexity index is 650. The van der Waals surface area contributed by atoms with E-state index in [9.17, 15) is 21.6 Å². The van der Waals surface area contributed by atoms with E-state index in [1.54, 1.807) is 0 Å². The third-order valence-electron chi connectivity index (χ3n) is 3.94. The number of sulfonamides is 1. The molecule has 1 aromatic carbocycles. The maximum absolute atomic E-state index is 12.7. The fourth-order valence-electron chi connectivity index (χ4n) is 2.69. The van der Waals surface area contributed by atoms with Crippen molar-refractivity contribution in [2.75, 3.05) is 19.6 Å². The first-order chi connectivity index (χ1) is 10.2. The molecule has 0 radical (unpaired) electrons. The summed E-state index contributed by atoms with van der Waals surface area (Å²) in [6.07, 6.45) is -2.90. The van der Waals surface area contributed by atoms with Crippen molar-refractivity contribution in [3.63, 3.8) is 0 Å². The standard InChI is InChI=1S/C14H19F3N2O2S.ClH/c1-10-7-12(14(15,16)17)4-5-13(10)22(20,21)19-6-2-3-11(8-18)9-19;/h4-5,7,11H,2-3,6,8-9,18H2,1H3;1H. The van der Waals surface area contributed by atoms with Gasteiger partial charge in [-0.15, -0.1) is 12.4 Å². The summed E-state index contributed by atoms with van der Waals surface area (Å²) in [5.74, 6) is 0.0956. The van der Waals surface area contributed by atoms with E-state index >= 15 is 0 Å². The Hall–Kier alpha value is -0.830. The number of alkyl halides is 3. The van der Waals surface area contributed by atoms with E-state index in [-0.39, 0.29) is 28.8 Å². The zero-order valence-electron chi connectivity index (χ0n) is 12.6. The van der Waals surface area contributed by atoms with Gasteiger partial charge >= 0.3 is 6.18 Å². The molecule has 1 fully saturated rings. The van der Waals surface area contributed by atoms with E-state index in [1.165, 1.54) is 11.2 Å². The van der Waals surface area contributed by atoms with Gasteiger partial charge in [-0.3, -0.25) is 0 Å². The quantitative estimate of drug-likeness (QED) is 0.887. The van der Waals surface area contributed by atoms with Gasteiger partial charge in [0.1, 0.15) is 0 Å². The summed E-state index contributed by atoms with van der Waals surface area (Å²) >= 11 is 0. The maximum atomic E-state index is 12.7. The van der Waals surface area contributed by atoms with Crippen LogP contribution in [0.4, 0.5) is 13.2 Å². The molecule has 1 aromatic rings. The summed E-state index contributed by atoms with van der Waals surface area (Å²) in [4.78, 5) is -0.0711. The fraction of sp³-hybridized carbons (Fsp3) is 0.571. The Labute approximate surface area is 140 Å². The lowest BCUT2D eigenvalue weighted by atomic mass is 10.0. The molecule has 0 saturated carbocycles. The van der Waals surface area contributed by atoms with Gasteiger partial charge in [0, 0.05) is 13.1 Å². The lowest BCUT2D eigenvalue weighted by Crippen LogP contribution is -2.42. The van der Waals surface area contributed by atoms with Crippen molar-refractivity contribution in [3.05, 3.63) is 29.3 Å². The largest absolute Gasteiger partial charge is 0.416 e. The van der Waals surface area contributed by atoms with Crippen LogP contribution in [0.3, 0.4) is 0 Å². The van der Waals surface area contributed by atoms with Gasteiger partial charge in [0.25, 0.3) is 0 Å². The molecular formula is C14H20ClF3N2O2S. The topological polar surface area (TPSA) is 63.4 Å². The van der Waals surface area contributed by atoms with E-state index in [2.05, 4.69) is 0 Å². The lowest BCUT2D eigenvalue weighted by Gasteiger charge is -2.31. The second-order valence-electron chi connectivity index (χ2n) is 5.59. The molecule has 0 bridgehead atoms. The number of hydrogen-bond donors (Lipinski definition) is 1. The second-order valence-corrected chi connectivity index (χ2v) is 7.49. The highest BCUT2D eigenvalue weighted by Gasteiger charge is 2.34. The summed E-state index contributed by atoms with van der Waals surface area (Å²) in [5.41, 5.74) is 4.86. The van der Waals surface area contributed by atoms with Crippen LogP contribution in [0.15, 0.2) is 23.1 Å². The van der Waals surface area contributed by atoms with Crippen LogP contribution >= 0.6 is 12.4 Å². The summed E-state index contributed by atoms with van der Waals surface area (Å²) < 4.78 is 64.6. The average molecular weight is 373 g/mol. The van der Waals surface area contributed by atoms with E-state index in [1.807, 2.05) is 0 Å². The van der Waals surface area contributed by atoms with Crippen molar-refractivity contribution in [2.24, 2.45) is 11.7 Å². The molecule has 1 unspecified atom stereocenters. The minimum atomic E-state index is -4.48. The van der Waals surface area contributed by atoms with Crippen LogP contribution in [0.2, 0.25) is 0 Å². The molecule has 132 valence electrons. The Kier molecular flexibility index (Phi) is 6.48. The molecule has 1 aliphatic rings. The predicted octanol–water partition coefficient (Wildman–Crippen LogP) is 2.80. The fourth-order valence-corrected chi connectivity index (χ4v) is 4.45. The van der Waals surface area contributed by atoms with E-state index in [0.29, 0.717) is 26.1 Å². The van der Waals surface area contributed by atoms with Gasteiger partial charge in [-0.1, -0.05) is 0 Å². The molecule has 0 spiro atoms. The van der Waals surface area contributed by atoms with E-state index in [0.717, 1.165) is 24.6 Å². The normalized spacial score (nSPS) is 20.1. The second kappa shape index (κ2) is 7.38. The van der Waals surface area contributed by atoms with Crippen LogP contribution in [0.1, 0.15) is 24.0 Å². The molecule has 1 atom stereocenters. The zero-order chi connectivity index (χ0) is 16.5. The first-order valence-corrected chi connectivity index (χ1v) is 8.48. The number of hydrogen-bond acceptors (Lipinski definition) is 3. The zero-order valence-corrected chi connectivity index (χ0v) is 14.3. The van der Waals surface area contributed by atoms with Crippen LogP contribution in [0.25, 0.3) is 0 Å². The summed E-state index contributed by atoms with van der Waals surface area (Å²) in [5, 5.41) is 0. The van der Waals surface area contributed by atoms with Gasteiger partial charge in [-0.05, 0) is 56.0 Å². The van der Waals surface area contributed by atoms with Crippen molar-refractivity contribution in [1.82, 2.24) is 4.31 Å². The van der Waals surface area contributed by atoms with Crippen LogP contribution in [-0.2, 0) is 16.2 Å². The molecule has 9 heteroatoms. The van der Waals surface area contributed by atoms with Crippen LogP contribution in [0, 0.1) is 12.8 Å². The molecule has 2 N–H and O–H groups in total. The summed E-state index contributed by atoms with van der Waals surface area (Å²) in [6, 6.07) is 2.72. The van der Waals surface area contributed by atoms with Crippen molar-refractivity contribution in [3.8, 4) is 0 Å². The first kappa shape index (κ1) is 20.2. The Morgan fingerprint density at radius 2 is 2.00 bits per heavy atom. The number of aryl methyl sites for hydroxylation is 1. The molecule has 1 heterocycles. The highest BCUT2D eigenvalue weighted by Crippen LogP contribution is 2.32. The Morgan fingerprint density at radius 1 is 1.35 bits per heavy atom. The van der Waals surface area contributed by atoms with E-state index in [4.69, 9.17) is 5.73 Å². The third-order valence-corrected chi connectivity index (χ3v) is 5.96. The first-order valence-electron chi connectivity index (χ1n) is 7.04. The van der Waals surface area contributed by atoms with Gasteiger partial charge < -0.3 is 5.73 Å². The number of rotatable bonds is 3. The molecule has 1 saturated heterocycles. The van der Waals surface area contributed by atoms with Crippen molar-refractivity contribution < 1.29 is 21.6 Å². The average Bonchev–Trinajstić information content (AvgIpc) is 2.46. The molecular weight excluding hydrogens is 353 g/mol. The Morgan fingerprint density at radius 3 is 2.52 bits per heavy atom. The highest BCUT2D eigenvalue weighted by atomic mass is 35.5. The molecule has 0 amide bonds. The smallest absolute Gasteiger partial charge is 0.330 e. The van der Waals surface area contributed by atoms with Crippen LogP contribution < -0.4 is 5.73 Å². The van der Waals surface area contributed by atoms with Gasteiger partial charge in [-0.2, -0.15) is 17.5 Å². The molecule has 4 nitrogen and oxygen atoms in total. The van der Waals surface area contributed by atoms with Gasteiger partial charge in [0.05, 0.1) is 10.5 Å². The lowest BCUT2D eigenvalue weighted by molar-refractivity contribution is -0.137. The number of nitrogens with two attached hydrogens (primary N) is 1. The van der Waals surface area contributed by atoms with Gasteiger partial charge in [0.15, 0.2) is 0 Å². The monoisotopic (exact) mass is 372 g/mol. The number of halogens is 4. The minimum Gasteiger partial charge on any atom is -0.330 e. The molecule has 1 aliphatic heterocycles. The number of nitrogens with zero attached hydrogens (tertiary/aromatic N) is 1. The summed E-state index contributed by atoms with van der Waals surface area (Å²) in [7, 11) is -3.79. The predicted molar refractivity (Wildman–Crippen MR) is 84.0 cm³/mol. The SMILES string of the molecule is Cc1cc(C(F)(F)F)ccc1S(=O)(=O)N1CCCC(CN)C1.Cl. The minimum absolute atomic E-state index is 0. The van der Waals surface area contributed by atoms with Crippen LogP contribution in [-0.4, -0.2) is 32.4 Å².